The van der Waals surface area contributed by atoms with Gasteiger partial charge in [0.15, 0.2) is 0 Å². The van der Waals surface area contributed by atoms with E-state index in [1.165, 1.54) is 0 Å². The van der Waals surface area contributed by atoms with Crippen molar-refractivity contribution in [2.24, 2.45) is 5.92 Å². The molecular formula is C18H29N3O2. The summed E-state index contributed by atoms with van der Waals surface area (Å²) in [4.78, 5) is 15.5. The van der Waals surface area contributed by atoms with Crippen LogP contribution in [0.5, 0.6) is 0 Å². The maximum atomic E-state index is 11.5. The van der Waals surface area contributed by atoms with E-state index in [2.05, 4.69) is 10.2 Å². The maximum absolute atomic E-state index is 11.5. The molecule has 1 aromatic rings. The van der Waals surface area contributed by atoms with Crippen LogP contribution < -0.4 is 5.32 Å². The molecule has 23 heavy (non-hydrogen) atoms. The Kier molecular flexibility index (Phi) is 7.02. The maximum Gasteiger partial charge on any atom is 0.236 e. The fourth-order valence-electron chi connectivity index (χ4n) is 2.94. The SMILES string of the molecule is CN(C)C(=O)CNCC1CCN(CC(O)c2ccccc2)CC1. The fraction of sp³-hybridized carbons (Fsp3) is 0.611. The molecule has 0 saturated carbocycles. The molecule has 1 fully saturated rings. The van der Waals surface area contributed by atoms with E-state index < -0.39 is 6.10 Å². The number of likely N-dealkylation sites (N-methyl/N-ethyl adjacent to an activating group) is 1. The molecule has 0 aliphatic carbocycles. The number of carbonyl (C=O) groups is 1. The van der Waals surface area contributed by atoms with Crippen LogP contribution >= 0.6 is 0 Å². The number of nitrogens with one attached hydrogen (secondary N) is 1. The lowest BCUT2D eigenvalue weighted by Crippen LogP contribution is -2.41. The van der Waals surface area contributed by atoms with Crippen LogP contribution in [0.3, 0.4) is 0 Å². The van der Waals surface area contributed by atoms with Crippen molar-refractivity contribution < 1.29 is 9.90 Å². The van der Waals surface area contributed by atoms with Crippen LogP contribution in [0.15, 0.2) is 30.3 Å². The zero-order valence-corrected chi connectivity index (χ0v) is 14.2. The summed E-state index contributed by atoms with van der Waals surface area (Å²) in [6.45, 7) is 4.04. The molecule has 2 rings (SSSR count). The zero-order chi connectivity index (χ0) is 16.7. The van der Waals surface area contributed by atoms with Crippen LogP contribution in [0.1, 0.15) is 24.5 Å². The van der Waals surface area contributed by atoms with Crippen molar-refractivity contribution in [1.82, 2.24) is 15.1 Å². The van der Waals surface area contributed by atoms with Gasteiger partial charge in [0.25, 0.3) is 0 Å². The molecule has 1 unspecified atom stereocenters. The number of carbonyl (C=O) groups excluding carboxylic acids is 1. The van der Waals surface area contributed by atoms with Gasteiger partial charge in [-0.25, -0.2) is 0 Å². The number of rotatable bonds is 7. The van der Waals surface area contributed by atoms with Gasteiger partial charge in [-0.2, -0.15) is 0 Å². The Morgan fingerprint density at radius 3 is 2.57 bits per heavy atom. The normalized spacial score (nSPS) is 17.9. The predicted molar refractivity (Wildman–Crippen MR) is 92.1 cm³/mol. The molecule has 1 aliphatic rings. The van der Waals surface area contributed by atoms with E-state index in [9.17, 15) is 9.90 Å². The summed E-state index contributed by atoms with van der Waals surface area (Å²) in [6, 6.07) is 9.85. The van der Waals surface area contributed by atoms with Crippen molar-refractivity contribution in [3.8, 4) is 0 Å². The molecule has 0 radical (unpaired) electrons. The van der Waals surface area contributed by atoms with Crippen molar-refractivity contribution in [2.45, 2.75) is 18.9 Å². The van der Waals surface area contributed by atoms with Gasteiger partial charge >= 0.3 is 0 Å². The van der Waals surface area contributed by atoms with Gasteiger partial charge in [-0.3, -0.25) is 4.79 Å². The number of nitrogens with zero attached hydrogens (tertiary/aromatic N) is 2. The van der Waals surface area contributed by atoms with Crippen LogP contribution in [0, 0.1) is 5.92 Å². The molecule has 1 amide bonds. The van der Waals surface area contributed by atoms with Crippen LogP contribution in [0.4, 0.5) is 0 Å². The van der Waals surface area contributed by atoms with Crippen LogP contribution in [0.2, 0.25) is 0 Å². The first-order valence-corrected chi connectivity index (χ1v) is 8.42. The van der Waals surface area contributed by atoms with Gasteiger partial charge in [0.2, 0.25) is 5.91 Å². The highest BCUT2D eigenvalue weighted by Crippen LogP contribution is 2.20. The first-order valence-electron chi connectivity index (χ1n) is 8.42. The largest absolute Gasteiger partial charge is 0.387 e. The van der Waals surface area contributed by atoms with E-state index in [1.54, 1.807) is 19.0 Å². The number of amides is 1. The highest BCUT2D eigenvalue weighted by molar-refractivity contribution is 5.77. The lowest BCUT2D eigenvalue weighted by atomic mass is 9.96. The molecule has 5 heteroatoms. The molecule has 5 nitrogen and oxygen atoms in total. The molecule has 1 aromatic carbocycles. The van der Waals surface area contributed by atoms with E-state index in [4.69, 9.17) is 0 Å². The van der Waals surface area contributed by atoms with Gasteiger partial charge in [0.1, 0.15) is 0 Å². The van der Waals surface area contributed by atoms with Gasteiger partial charge in [0.05, 0.1) is 12.6 Å². The number of piperidine rings is 1. The molecule has 0 aromatic heterocycles. The molecule has 128 valence electrons. The van der Waals surface area contributed by atoms with E-state index >= 15 is 0 Å². The summed E-state index contributed by atoms with van der Waals surface area (Å²) >= 11 is 0. The Balaban J connectivity index is 1.65. The van der Waals surface area contributed by atoms with Gasteiger partial charge in [0, 0.05) is 20.6 Å². The van der Waals surface area contributed by atoms with Gasteiger partial charge < -0.3 is 20.2 Å². The van der Waals surface area contributed by atoms with Gasteiger partial charge in [-0.15, -0.1) is 0 Å². The number of benzene rings is 1. The Labute approximate surface area is 139 Å². The minimum Gasteiger partial charge on any atom is -0.387 e. The number of aliphatic hydroxyl groups excluding tert-OH is 1. The second kappa shape index (κ2) is 9.01. The van der Waals surface area contributed by atoms with E-state index in [0.29, 0.717) is 19.0 Å². The third-order valence-corrected chi connectivity index (χ3v) is 4.53. The van der Waals surface area contributed by atoms with Crippen LogP contribution in [-0.4, -0.2) is 67.6 Å². The minimum absolute atomic E-state index is 0.119. The number of hydrogen-bond donors (Lipinski definition) is 2. The molecular weight excluding hydrogens is 290 g/mol. The molecule has 0 bridgehead atoms. The third kappa shape index (κ3) is 5.94. The third-order valence-electron chi connectivity index (χ3n) is 4.53. The smallest absolute Gasteiger partial charge is 0.236 e. The lowest BCUT2D eigenvalue weighted by molar-refractivity contribution is -0.127. The highest BCUT2D eigenvalue weighted by Gasteiger charge is 2.21. The van der Waals surface area contributed by atoms with Crippen molar-refractivity contribution in [3.63, 3.8) is 0 Å². The minimum atomic E-state index is -0.413. The quantitative estimate of drug-likeness (QED) is 0.790. The average molecular weight is 319 g/mol. The van der Waals surface area contributed by atoms with Crippen molar-refractivity contribution in [3.05, 3.63) is 35.9 Å². The number of aliphatic hydroxyl groups is 1. The number of β-amino-alcohol motifs (C(OH)–C–C–N with tert-alkyl or cyclic N) is 1. The predicted octanol–water partition coefficient (Wildman–Crippen LogP) is 1.11. The second-order valence-corrected chi connectivity index (χ2v) is 6.59. The van der Waals surface area contributed by atoms with Crippen LogP contribution in [-0.2, 0) is 4.79 Å². The summed E-state index contributed by atoms with van der Waals surface area (Å²) in [5, 5.41) is 13.6. The molecule has 1 heterocycles. The monoisotopic (exact) mass is 319 g/mol. The van der Waals surface area contributed by atoms with E-state index in [-0.39, 0.29) is 5.91 Å². The lowest BCUT2D eigenvalue weighted by Gasteiger charge is -2.33. The first-order chi connectivity index (χ1) is 11.1. The van der Waals surface area contributed by atoms with E-state index in [0.717, 1.165) is 38.0 Å². The molecule has 1 atom stereocenters. The highest BCUT2D eigenvalue weighted by atomic mass is 16.3. The summed E-state index contributed by atoms with van der Waals surface area (Å²) in [6.07, 6.45) is 1.82. The topological polar surface area (TPSA) is 55.8 Å². The van der Waals surface area contributed by atoms with Crippen molar-refractivity contribution >= 4 is 5.91 Å². The number of likely N-dealkylation sites (tertiary alicyclic amines) is 1. The Hall–Kier alpha value is -1.43. The summed E-state index contributed by atoms with van der Waals surface area (Å²) in [5.41, 5.74) is 0.985. The molecule has 0 spiro atoms. The van der Waals surface area contributed by atoms with Gasteiger partial charge in [-0.1, -0.05) is 30.3 Å². The number of hydrogen-bond acceptors (Lipinski definition) is 4. The standard InChI is InChI=1S/C18H29N3O2/c1-20(2)18(23)13-19-12-15-8-10-21(11-9-15)14-17(22)16-6-4-3-5-7-16/h3-7,15,17,19,22H,8-14H2,1-2H3. The Bertz CT molecular complexity index is 470. The van der Waals surface area contributed by atoms with Gasteiger partial charge in [-0.05, 0) is 44.0 Å². The van der Waals surface area contributed by atoms with Crippen molar-refractivity contribution in [2.75, 3.05) is 46.8 Å². The summed E-state index contributed by atoms with van der Waals surface area (Å²) < 4.78 is 0. The average Bonchev–Trinajstić information content (AvgIpc) is 2.57. The summed E-state index contributed by atoms with van der Waals surface area (Å²) in [5.74, 6) is 0.739. The Morgan fingerprint density at radius 1 is 1.30 bits per heavy atom. The fourth-order valence-corrected chi connectivity index (χ4v) is 2.94. The van der Waals surface area contributed by atoms with E-state index in [1.807, 2.05) is 30.3 Å². The Morgan fingerprint density at radius 2 is 1.96 bits per heavy atom. The molecule has 1 saturated heterocycles. The molecule has 1 aliphatic heterocycles. The van der Waals surface area contributed by atoms with Crippen LogP contribution in [0.25, 0.3) is 0 Å². The van der Waals surface area contributed by atoms with Crippen molar-refractivity contribution in [1.29, 1.82) is 0 Å². The zero-order valence-electron chi connectivity index (χ0n) is 14.2. The summed E-state index contributed by atoms with van der Waals surface area (Å²) in [7, 11) is 3.56. The second-order valence-electron chi connectivity index (χ2n) is 6.59. The first kappa shape index (κ1) is 17.9. The molecule has 2 N–H and O–H groups in total.